The molecule has 0 spiro atoms. The van der Waals surface area contributed by atoms with Gasteiger partial charge < -0.3 is 10.2 Å². The number of hydrogen-bond acceptors (Lipinski definition) is 2. The summed E-state index contributed by atoms with van der Waals surface area (Å²) in [7, 11) is 0. The fourth-order valence-corrected chi connectivity index (χ4v) is 3.20. The SMILES string of the molecule is CC(C(=O)NC(C)(C)C)N(Cc1ccccc1Cl)C(=O)Cc1cccc(Cl)c1. The number of hydrogen-bond donors (Lipinski definition) is 1. The van der Waals surface area contributed by atoms with E-state index < -0.39 is 11.6 Å². The first-order chi connectivity index (χ1) is 13.1. The van der Waals surface area contributed by atoms with Gasteiger partial charge in [-0.25, -0.2) is 0 Å². The second kappa shape index (κ2) is 9.44. The van der Waals surface area contributed by atoms with Crippen molar-refractivity contribution in [3.05, 3.63) is 69.7 Å². The van der Waals surface area contributed by atoms with Crippen LogP contribution >= 0.6 is 23.2 Å². The van der Waals surface area contributed by atoms with Gasteiger partial charge in [0.25, 0.3) is 0 Å². The van der Waals surface area contributed by atoms with Crippen molar-refractivity contribution in [3.63, 3.8) is 0 Å². The largest absolute Gasteiger partial charge is 0.350 e. The number of carbonyl (C=O) groups is 2. The zero-order chi connectivity index (χ0) is 20.9. The molecule has 0 aliphatic heterocycles. The predicted octanol–water partition coefficient (Wildman–Crippen LogP) is 4.87. The van der Waals surface area contributed by atoms with E-state index in [1.165, 1.54) is 0 Å². The third-order valence-corrected chi connectivity index (χ3v) is 4.81. The summed E-state index contributed by atoms with van der Waals surface area (Å²) >= 11 is 12.3. The lowest BCUT2D eigenvalue weighted by Crippen LogP contribution is -2.52. The molecule has 28 heavy (non-hydrogen) atoms. The molecule has 1 unspecified atom stereocenters. The van der Waals surface area contributed by atoms with E-state index in [9.17, 15) is 9.59 Å². The molecule has 0 fully saturated rings. The van der Waals surface area contributed by atoms with E-state index in [0.717, 1.165) is 11.1 Å². The summed E-state index contributed by atoms with van der Waals surface area (Å²) in [6.45, 7) is 7.70. The molecule has 0 heterocycles. The molecule has 0 saturated carbocycles. The fraction of sp³-hybridized carbons (Fsp3) is 0.364. The molecule has 0 aromatic heterocycles. The molecule has 4 nitrogen and oxygen atoms in total. The smallest absolute Gasteiger partial charge is 0.242 e. The summed E-state index contributed by atoms with van der Waals surface area (Å²) in [6, 6.07) is 13.8. The normalized spacial score (nSPS) is 12.4. The quantitative estimate of drug-likeness (QED) is 0.724. The van der Waals surface area contributed by atoms with Gasteiger partial charge in [-0.05, 0) is 57.0 Å². The second-order valence-corrected chi connectivity index (χ2v) is 8.68. The van der Waals surface area contributed by atoms with Gasteiger partial charge in [-0.2, -0.15) is 0 Å². The van der Waals surface area contributed by atoms with Crippen LogP contribution in [0.1, 0.15) is 38.8 Å². The number of benzene rings is 2. The highest BCUT2D eigenvalue weighted by Crippen LogP contribution is 2.20. The zero-order valence-electron chi connectivity index (χ0n) is 16.6. The number of carbonyl (C=O) groups excluding carboxylic acids is 2. The molecule has 150 valence electrons. The van der Waals surface area contributed by atoms with Gasteiger partial charge in [0.2, 0.25) is 11.8 Å². The molecule has 1 atom stereocenters. The van der Waals surface area contributed by atoms with Gasteiger partial charge in [0, 0.05) is 22.1 Å². The highest BCUT2D eigenvalue weighted by atomic mass is 35.5. The lowest BCUT2D eigenvalue weighted by atomic mass is 10.1. The van der Waals surface area contributed by atoms with Crippen LogP contribution in [0.25, 0.3) is 0 Å². The van der Waals surface area contributed by atoms with Crippen LogP contribution in [0.5, 0.6) is 0 Å². The zero-order valence-corrected chi connectivity index (χ0v) is 18.1. The van der Waals surface area contributed by atoms with E-state index >= 15 is 0 Å². The highest BCUT2D eigenvalue weighted by Gasteiger charge is 2.28. The van der Waals surface area contributed by atoms with Crippen LogP contribution in [-0.2, 0) is 22.6 Å². The van der Waals surface area contributed by atoms with Crippen molar-refractivity contribution in [2.24, 2.45) is 0 Å². The minimum atomic E-state index is -0.651. The van der Waals surface area contributed by atoms with Crippen LogP contribution in [0.4, 0.5) is 0 Å². The maximum Gasteiger partial charge on any atom is 0.242 e. The maximum absolute atomic E-state index is 13.1. The van der Waals surface area contributed by atoms with E-state index in [1.54, 1.807) is 36.1 Å². The van der Waals surface area contributed by atoms with Gasteiger partial charge in [-0.1, -0.05) is 53.5 Å². The lowest BCUT2D eigenvalue weighted by molar-refractivity contribution is -0.140. The first kappa shape index (κ1) is 22.3. The fourth-order valence-electron chi connectivity index (χ4n) is 2.79. The van der Waals surface area contributed by atoms with Gasteiger partial charge in [-0.15, -0.1) is 0 Å². The van der Waals surface area contributed by atoms with Gasteiger partial charge in [-0.3, -0.25) is 9.59 Å². The second-order valence-electron chi connectivity index (χ2n) is 7.83. The molecule has 0 radical (unpaired) electrons. The van der Waals surface area contributed by atoms with Crippen LogP contribution in [0.2, 0.25) is 10.0 Å². The highest BCUT2D eigenvalue weighted by molar-refractivity contribution is 6.31. The third-order valence-electron chi connectivity index (χ3n) is 4.21. The number of nitrogens with zero attached hydrogens (tertiary/aromatic N) is 1. The third kappa shape index (κ3) is 6.54. The Balaban J connectivity index is 2.27. The number of halogens is 2. The van der Waals surface area contributed by atoms with Gasteiger partial charge >= 0.3 is 0 Å². The van der Waals surface area contributed by atoms with Crippen LogP contribution in [0.15, 0.2) is 48.5 Å². The van der Waals surface area contributed by atoms with Crippen molar-refractivity contribution >= 4 is 35.0 Å². The maximum atomic E-state index is 13.1. The molecule has 2 aromatic rings. The molecule has 2 amide bonds. The van der Waals surface area contributed by atoms with Gasteiger partial charge in [0.1, 0.15) is 6.04 Å². The Labute approximate surface area is 176 Å². The Morgan fingerprint density at radius 2 is 1.75 bits per heavy atom. The lowest BCUT2D eigenvalue weighted by Gasteiger charge is -2.31. The van der Waals surface area contributed by atoms with Crippen molar-refractivity contribution < 1.29 is 9.59 Å². The van der Waals surface area contributed by atoms with Crippen molar-refractivity contribution in [3.8, 4) is 0 Å². The molecule has 0 bridgehead atoms. The van der Waals surface area contributed by atoms with E-state index in [4.69, 9.17) is 23.2 Å². The minimum absolute atomic E-state index is 0.151. The van der Waals surface area contributed by atoms with E-state index in [0.29, 0.717) is 10.0 Å². The van der Waals surface area contributed by atoms with Gasteiger partial charge in [0.05, 0.1) is 6.42 Å². The summed E-state index contributed by atoms with van der Waals surface area (Å²) in [5.74, 6) is -0.377. The molecule has 1 N–H and O–H groups in total. The van der Waals surface area contributed by atoms with Crippen molar-refractivity contribution in [2.75, 3.05) is 0 Å². The molecule has 0 saturated heterocycles. The molecular weight excluding hydrogens is 395 g/mol. The average Bonchev–Trinajstić information content (AvgIpc) is 2.59. The Kier molecular flexibility index (Phi) is 7.50. The molecule has 0 aliphatic carbocycles. The van der Waals surface area contributed by atoms with Gasteiger partial charge in [0.15, 0.2) is 0 Å². The molecule has 2 aromatic carbocycles. The van der Waals surface area contributed by atoms with Crippen LogP contribution in [0.3, 0.4) is 0 Å². The Hall–Kier alpha value is -2.04. The Morgan fingerprint density at radius 1 is 1.07 bits per heavy atom. The van der Waals surface area contributed by atoms with Crippen molar-refractivity contribution in [1.29, 1.82) is 0 Å². The van der Waals surface area contributed by atoms with Crippen molar-refractivity contribution in [2.45, 2.75) is 52.2 Å². The summed E-state index contributed by atoms with van der Waals surface area (Å²) < 4.78 is 0. The first-order valence-corrected chi connectivity index (χ1v) is 9.92. The number of nitrogens with one attached hydrogen (secondary N) is 1. The molecule has 0 aliphatic rings. The van der Waals surface area contributed by atoms with Crippen molar-refractivity contribution in [1.82, 2.24) is 10.2 Å². The monoisotopic (exact) mass is 420 g/mol. The first-order valence-electron chi connectivity index (χ1n) is 9.16. The van der Waals surface area contributed by atoms with Crippen LogP contribution in [0, 0.1) is 0 Å². The number of rotatable bonds is 6. The number of amides is 2. The van der Waals surface area contributed by atoms with Crippen LogP contribution < -0.4 is 5.32 Å². The molecular formula is C22H26Cl2N2O2. The van der Waals surface area contributed by atoms with E-state index in [2.05, 4.69) is 5.32 Å². The van der Waals surface area contributed by atoms with E-state index in [-0.39, 0.29) is 24.8 Å². The Bertz CT molecular complexity index is 846. The predicted molar refractivity (Wildman–Crippen MR) is 115 cm³/mol. The minimum Gasteiger partial charge on any atom is -0.350 e. The van der Waals surface area contributed by atoms with Crippen LogP contribution in [-0.4, -0.2) is 28.3 Å². The average molecular weight is 421 g/mol. The van der Waals surface area contributed by atoms with E-state index in [1.807, 2.05) is 45.0 Å². The summed E-state index contributed by atoms with van der Waals surface area (Å²) in [5.41, 5.74) is 1.20. The Morgan fingerprint density at radius 3 is 2.36 bits per heavy atom. The summed E-state index contributed by atoms with van der Waals surface area (Å²) in [4.78, 5) is 27.4. The molecule has 6 heteroatoms. The topological polar surface area (TPSA) is 49.4 Å². The molecule has 2 rings (SSSR count). The summed E-state index contributed by atoms with van der Waals surface area (Å²) in [6.07, 6.45) is 0.151. The standard InChI is InChI=1S/C22H26Cl2N2O2/c1-15(21(28)25-22(2,3)4)26(14-17-9-5-6-11-19(17)24)20(27)13-16-8-7-10-18(23)12-16/h5-12,15H,13-14H2,1-4H3,(H,25,28). The summed E-state index contributed by atoms with van der Waals surface area (Å²) in [5, 5.41) is 4.07.